The Labute approximate surface area is 375 Å². The second kappa shape index (κ2) is 26.5. The zero-order valence-corrected chi connectivity index (χ0v) is 37.3. The molecule has 2 heterocycles. The Morgan fingerprint density at radius 2 is 1.25 bits per heavy atom. The number of aliphatic hydroxyl groups is 2. The largest absolute Gasteiger partial charge is 0.480 e. The fourth-order valence-electron chi connectivity index (χ4n) is 6.92. The van der Waals surface area contributed by atoms with E-state index in [4.69, 9.17) is 17.2 Å². The van der Waals surface area contributed by atoms with Crippen molar-refractivity contribution >= 4 is 59.1 Å². The molecule has 0 saturated carbocycles. The highest BCUT2D eigenvalue weighted by Gasteiger charge is 2.41. The van der Waals surface area contributed by atoms with Gasteiger partial charge >= 0.3 is 5.97 Å². The quantitative estimate of drug-likeness (QED) is 0.0375. The van der Waals surface area contributed by atoms with Gasteiger partial charge in [-0.3, -0.25) is 43.2 Å². The first-order valence-electron chi connectivity index (χ1n) is 21.4. The number of carbonyl (C=O) groups excluding carboxylic acids is 9. The predicted molar refractivity (Wildman–Crippen MR) is 229 cm³/mol. The van der Waals surface area contributed by atoms with E-state index < -0.39 is 127 Å². The molecule has 25 nitrogen and oxygen atoms in total. The molecular formula is C40H66N12O13. The number of carbonyl (C=O) groups is 10. The summed E-state index contributed by atoms with van der Waals surface area (Å²) in [6.07, 6.45) is -0.108. The number of amides is 9. The van der Waals surface area contributed by atoms with E-state index in [1.807, 2.05) is 0 Å². The van der Waals surface area contributed by atoms with E-state index in [0.29, 0.717) is 5.69 Å². The van der Waals surface area contributed by atoms with E-state index in [0.717, 1.165) is 4.90 Å². The number of nitrogens with one attached hydrogen (secondary N) is 7. The average Bonchev–Trinajstić information content (AvgIpc) is 3.94. The number of nitrogens with two attached hydrogens (primary N) is 3. The van der Waals surface area contributed by atoms with Gasteiger partial charge in [-0.05, 0) is 57.3 Å². The summed E-state index contributed by atoms with van der Waals surface area (Å²) in [5.41, 5.74) is 16.7. The molecule has 65 heavy (non-hydrogen) atoms. The lowest BCUT2D eigenvalue weighted by molar-refractivity contribution is -0.144. The van der Waals surface area contributed by atoms with Crippen molar-refractivity contribution in [2.75, 3.05) is 13.2 Å². The van der Waals surface area contributed by atoms with Crippen LogP contribution in [0.1, 0.15) is 91.7 Å². The molecule has 9 atom stereocenters. The summed E-state index contributed by atoms with van der Waals surface area (Å²) in [5, 5.41) is 44.5. The number of carboxylic acid groups (broad SMARTS) is 1. The summed E-state index contributed by atoms with van der Waals surface area (Å²) >= 11 is 0. The molecule has 1 aromatic heterocycles. The van der Waals surface area contributed by atoms with E-state index in [2.05, 4.69) is 41.9 Å². The minimum Gasteiger partial charge on any atom is -0.480 e. The fraction of sp³-hybridized carbons (Fsp3) is 0.675. The molecule has 1 aliphatic heterocycles. The van der Waals surface area contributed by atoms with Crippen LogP contribution in [0, 0.1) is 11.8 Å². The number of primary amides is 2. The van der Waals surface area contributed by atoms with Gasteiger partial charge in [0.15, 0.2) is 0 Å². The van der Waals surface area contributed by atoms with Gasteiger partial charge in [-0.1, -0.05) is 27.7 Å². The Morgan fingerprint density at radius 3 is 1.74 bits per heavy atom. The SMILES string of the molecule is CC(C)C[C@H](NC(=O)[C@H](CC(C)C)NC(=O)[C@@H](N)CO)C(=O)N[C@H](C(=O)N[C@@H](CCC(N)=O)C(=O)N1CCC[C@H]1C(=O)N[C@@H](CCC(N)=O)C(=O)N[C@@H](Cc1cnc[nH]1)C(=O)O)[C@@H](C)O. The van der Waals surface area contributed by atoms with Crippen LogP contribution < -0.4 is 49.1 Å². The van der Waals surface area contributed by atoms with E-state index in [9.17, 15) is 63.3 Å². The van der Waals surface area contributed by atoms with Crippen LogP contribution in [0.4, 0.5) is 0 Å². The van der Waals surface area contributed by atoms with Gasteiger partial charge in [0, 0.05) is 37.7 Å². The molecule has 0 bridgehead atoms. The summed E-state index contributed by atoms with van der Waals surface area (Å²) in [4.78, 5) is 138. The van der Waals surface area contributed by atoms with Gasteiger partial charge in [-0.2, -0.15) is 0 Å². The predicted octanol–water partition coefficient (Wildman–Crippen LogP) is -4.74. The monoisotopic (exact) mass is 922 g/mol. The number of likely N-dealkylation sites (tertiary alicyclic amines) is 1. The lowest BCUT2D eigenvalue weighted by atomic mass is 9.99. The third kappa shape index (κ3) is 18.4. The highest BCUT2D eigenvalue weighted by atomic mass is 16.4. The topological polar surface area (TPSA) is 414 Å². The van der Waals surface area contributed by atoms with Crippen LogP contribution in [0.5, 0.6) is 0 Å². The number of aliphatic carboxylic acids is 1. The maximum atomic E-state index is 14.2. The number of hydrogen-bond acceptors (Lipinski definition) is 14. The first kappa shape index (κ1) is 54.9. The summed E-state index contributed by atoms with van der Waals surface area (Å²) < 4.78 is 0. The minimum absolute atomic E-state index is 0.0272. The Bertz CT molecular complexity index is 1830. The lowest BCUT2D eigenvalue weighted by Crippen LogP contribution is -2.62. The molecule has 25 heteroatoms. The molecule has 1 fully saturated rings. The van der Waals surface area contributed by atoms with Crippen LogP contribution in [0.25, 0.3) is 0 Å². The van der Waals surface area contributed by atoms with Crippen LogP contribution >= 0.6 is 0 Å². The molecular weight excluding hydrogens is 857 g/mol. The van der Waals surface area contributed by atoms with E-state index in [-0.39, 0.29) is 69.7 Å². The van der Waals surface area contributed by atoms with Gasteiger partial charge in [0.2, 0.25) is 53.2 Å². The zero-order valence-electron chi connectivity index (χ0n) is 37.3. The maximum Gasteiger partial charge on any atom is 0.326 e. The number of rotatable bonds is 28. The van der Waals surface area contributed by atoms with Gasteiger partial charge in [0.25, 0.3) is 0 Å². The van der Waals surface area contributed by atoms with E-state index in [1.165, 1.54) is 19.4 Å². The van der Waals surface area contributed by atoms with Gasteiger partial charge in [0.05, 0.1) is 19.0 Å². The number of hydrogen-bond donors (Lipinski definition) is 13. The highest BCUT2D eigenvalue weighted by molar-refractivity contribution is 5.98. The molecule has 1 saturated heterocycles. The van der Waals surface area contributed by atoms with Crippen molar-refractivity contribution in [1.29, 1.82) is 0 Å². The molecule has 0 radical (unpaired) electrons. The van der Waals surface area contributed by atoms with E-state index >= 15 is 0 Å². The van der Waals surface area contributed by atoms with Gasteiger partial charge in [-0.15, -0.1) is 0 Å². The van der Waals surface area contributed by atoms with Crippen LogP contribution in [-0.2, 0) is 54.4 Å². The van der Waals surface area contributed by atoms with Crippen LogP contribution in [-0.4, -0.2) is 157 Å². The fourth-order valence-corrected chi connectivity index (χ4v) is 6.92. The third-order valence-corrected chi connectivity index (χ3v) is 10.3. The van der Waals surface area contributed by atoms with Crippen molar-refractivity contribution in [2.45, 2.75) is 147 Å². The third-order valence-electron chi connectivity index (χ3n) is 10.3. The first-order valence-corrected chi connectivity index (χ1v) is 21.4. The smallest absolute Gasteiger partial charge is 0.326 e. The number of nitrogens with zero attached hydrogens (tertiary/aromatic N) is 2. The van der Waals surface area contributed by atoms with E-state index in [1.54, 1.807) is 27.7 Å². The number of carboxylic acids is 1. The molecule has 1 aliphatic rings. The number of imidazole rings is 1. The van der Waals surface area contributed by atoms with Crippen molar-refractivity contribution in [2.24, 2.45) is 29.0 Å². The van der Waals surface area contributed by atoms with Gasteiger partial charge in [0.1, 0.15) is 48.3 Å². The van der Waals surface area contributed by atoms with Crippen molar-refractivity contribution < 1.29 is 63.3 Å². The second-order valence-electron chi connectivity index (χ2n) is 16.9. The number of aliphatic hydroxyl groups excluding tert-OH is 2. The Hall–Kier alpha value is -6.21. The highest BCUT2D eigenvalue weighted by Crippen LogP contribution is 2.21. The van der Waals surface area contributed by atoms with Crippen molar-refractivity contribution in [1.82, 2.24) is 46.8 Å². The van der Waals surface area contributed by atoms with Crippen LogP contribution in [0.15, 0.2) is 12.5 Å². The van der Waals surface area contributed by atoms with Crippen LogP contribution in [0.3, 0.4) is 0 Å². The second-order valence-corrected chi connectivity index (χ2v) is 16.9. The van der Waals surface area contributed by atoms with Crippen LogP contribution in [0.2, 0.25) is 0 Å². The number of aromatic amines is 1. The number of H-pyrrole nitrogens is 1. The number of aromatic nitrogens is 2. The molecule has 9 amide bonds. The van der Waals surface area contributed by atoms with Gasteiger partial charge in [-0.25, -0.2) is 9.78 Å². The first-order chi connectivity index (χ1) is 30.4. The molecule has 0 unspecified atom stereocenters. The van der Waals surface area contributed by atoms with Crippen molar-refractivity contribution in [3.05, 3.63) is 18.2 Å². The lowest BCUT2D eigenvalue weighted by Gasteiger charge is -2.31. The molecule has 0 aromatic carbocycles. The molecule has 0 aliphatic carbocycles. The maximum absolute atomic E-state index is 14.2. The molecule has 16 N–H and O–H groups in total. The summed E-state index contributed by atoms with van der Waals surface area (Å²) in [6, 6.07) is -11.3. The normalized spacial score (nSPS) is 17.3. The molecule has 0 spiro atoms. The zero-order chi connectivity index (χ0) is 49.1. The Balaban J connectivity index is 2.33. The van der Waals surface area contributed by atoms with Crippen molar-refractivity contribution in [3.63, 3.8) is 0 Å². The van der Waals surface area contributed by atoms with Crippen molar-refractivity contribution in [3.8, 4) is 0 Å². The Morgan fingerprint density at radius 1 is 0.738 bits per heavy atom. The summed E-state index contributed by atoms with van der Waals surface area (Å²) in [5.74, 6) is -9.60. The Kier molecular flexibility index (Phi) is 22.4. The molecule has 1 aromatic rings. The minimum atomic E-state index is -1.74. The molecule has 364 valence electrons. The summed E-state index contributed by atoms with van der Waals surface area (Å²) in [6.45, 7) is 7.57. The summed E-state index contributed by atoms with van der Waals surface area (Å²) in [7, 11) is 0. The molecule has 2 rings (SSSR count). The average molecular weight is 923 g/mol. The van der Waals surface area contributed by atoms with Gasteiger partial charge < -0.3 is 74.3 Å². The standard InChI is InChI=1S/C40H66N12O13/c1-19(2)13-26(48-33(57)23(41)17-53)35(59)49-27(14-20(3)4)36(60)51-32(21(5)54)38(62)47-25(9-11-31(43)56)39(63)52-12-6-7-29(52)37(61)46-24(8-10-30(42)55)34(58)50-28(40(64)65)15-22-16-44-18-45-22/h16,18-21,23-29,32,53-54H,6-15,17,41H2,1-5H3,(H2,42,55)(H2,43,56)(H,44,45)(H,46,61)(H,47,62)(H,48,57)(H,49,59)(H,50,58)(H,51,60)(H,64,65)/t21-,23+,24+,25+,26+,27+,28+,29+,32+/m1/s1.